The molecular formula is C13H12BrNO4S2. The number of benzene rings is 1. The van der Waals surface area contributed by atoms with Gasteiger partial charge in [0.15, 0.2) is 0 Å². The van der Waals surface area contributed by atoms with Crippen LogP contribution in [0.1, 0.15) is 16.5 Å². The molecule has 0 bridgehead atoms. The Hall–Kier alpha value is -1.22. The fourth-order valence-corrected chi connectivity index (χ4v) is 5.41. The molecule has 2 N–H and O–H groups in total. The standard InChI is InChI=1S/C13H12BrNO4S2/c1-8-10(7-11(14)20-8)21(18,19)15-12(13(16)17)9-5-3-2-4-6-9/h2-7,12,15H,1H3,(H,16,17)/t12-/m1/s1. The Morgan fingerprint density at radius 2 is 1.95 bits per heavy atom. The highest BCUT2D eigenvalue weighted by atomic mass is 79.9. The molecule has 1 heterocycles. The number of sulfonamides is 1. The highest BCUT2D eigenvalue weighted by Crippen LogP contribution is 2.30. The SMILES string of the molecule is Cc1sc(Br)cc1S(=O)(=O)N[C@@H](C(=O)O)c1ccccc1. The molecule has 0 fully saturated rings. The molecule has 0 unspecified atom stereocenters. The zero-order valence-electron chi connectivity index (χ0n) is 10.9. The van der Waals surface area contributed by atoms with Crippen LogP contribution in [0.2, 0.25) is 0 Å². The van der Waals surface area contributed by atoms with Crippen molar-refractivity contribution in [2.45, 2.75) is 17.9 Å². The Balaban J connectivity index is 2.37. The number of halogens is 1. The molecule has 8 heteroatoms. The third-order valence-electron chi connectivity index (χ3n) is 2.78. The van der Waals surface area contributed by atoms with Crippen LogP contribution in [0, 0.1) is 6.92 Å². The molecule has 0 spiro atoms. The first-order valence-corrected chi connectivity index (χ1v) is 8.96. The van der Waals surface area contributed by atoms with Crippen LogP contribution in [0.3, 0.4) is 0 Å². The number of carboxylic acid groups (broad SMARTS) is 1. The highest BCUT2D eigenvalue weighted by molar-refractivity contribution is 9.11. The van der Waals surface area contributed by atoms with E-state index in [1.54, 1.807) is 37.3 Å². The minimum Gasteiger partial charge on any atom is -0.480 e. The molecule has 0 aliphatic rings. The second kappa shape index (κ2) is 6.27. The van der Waals surface area contributed by atoms with Gasteiger partial charge in [0.25, 0.3) is 0 Å². The van der Waals surface area contributed by atoms with Crippen molar-refractivity contribution < 1.29 is 18.3 Å². The highest BCUT2D eigenvalue weighted by Gasteiger charge is 2.28. The van der Waals surface area contributed by atoms with E-state index in [2.05, 4.69) is 20.7 Å². The first-order chi connectivity index (χ1) is 9.81. The predicted molar refractivity (Wildman–Crippen MR) is 83.9 cm³/mol. The third-order valence-corrected chi connectivity index (χ3v) is 6.02. The molecule has 0 aliphatic heterocycles. The van der Waals surface area contributed by atoms with E-state index in [4.69, 9.17) is 0 Å². The number of hydrogen-bond donors (Lipinski definition) is 2. The number of aliphatic carboxylic acids is 1. The molecule has 2 rings (SSSR count). The number of nitrogens with one attached hydrogen (secondary N) is 1. The maximum Gasteiger partial charge on any atom is 0.326 e. The lowest BCUT2D eigenvalue weighted by atomic mass is 10.1. The van der Waals surface area contributed by atoms with E-state index in [-0.39, 0.29) is 4.90 Å². The lowest BCUT2D eigenvalue weighted by Gasteiger charge is -2.15. The number of carboxylic acids is 1. The van der Waals surface area contributed by atoms with Crippen LogP contribution in [-0.4, -0.2) is 19.5 Å². The number of aryl methyl sites for hydroxylation is 1. The Bertz CT molecular complexity index is 756. The molecule has 5 nitrogen and oxygen atoms in total. The maximum atomic E-state index is 12.4. The average Bonchev–Trinajstić information content (AvgIpc) is 2.77. The predicted octanol–water partition coefficient (Wildman–Crippen LogP) is 2.92. The van der Waals surface area contributed by atoms with Crippen LogP contribution in [0.4, 0.5) is 0 Å². The number of carbonyl (C=O) groups is 1. The smallest absolute Gasteiger partial charge is 0.326 e. The zero-order chi connectivity index (χ0) is 15.6. The van der Waals surface area contributed by atoms with Gasteiger partial charge in [0.2, 0.25) is 10.0 Å². The summed E-state index contributed by atoms with van der Waals surface area (Å²) in [4.78, 5) is 12.0. The quantitative estimate of drug-likeness (QED) is 0.823. The van der Waals surface area contributed by atoms with Crippen molar-refractivity contribution in [2.24, 2.45) is 0 Å². The summed E-state index contributed by atoms with van der Waals surface area (Å²) in [5.74, 6) is -1.25. The van der Waals surface area contributed by atoms with Crippen molar-refractivity contribution in [2.75, 3.05) is 0 Å². The summed E-state index contributed by atoms with van der Waals surface area (Å²) in [7, 11) is -3.91. The van der Waals surface area contributed by atoms with Crippen LogP contribution in [0.15, 0.2) is 45.1 Å². The van der Waals surface area contributed by atoms with Gasteiger partial charge in [-0.05, 0) is 34.5 Å². The average molecular weight is 390 g/mol. The number of rotatable bonds is 5. The number of hydrogen-bond acceptors (Lipinski definition) is 4. The molecule has 112 valence electrons. The van der Waals surface area contributed by atoms with E-state index >= 15 is 0 Å². The summed E-state index contributed by atoms with van der Waals surface area (Å²) in [6, 6.07) is 8.32. The Morgan fingerprint density at radius 3 is 2.43 bits per heavy atom. The van der Waals surface area contributed by atoms with Gasteiger partial charge in [-0.2, -0.15) is 4.72 Å². The molecular weight excluding hydrogens is 378 g/mol. The van der Waals surface area contributed by atoms with Gasteiger partial charge >= 0.3 is 5.97 Å². The van der Waals surface area contributed by atoms with E-state index in [1.165, 1.54) is 17.4 Å². The first kappa shape index (κ1) is 16.2. The van der Waals surface area contributed by atoms with Gasteiger partial charge in [0.05, 0.1) is 8.68 Å². The van der Waals surface area contributed by atoms with Crippen LogP contribution >= 0.6 is 27.3 Å². The molecule has 0 radical (unpaired) electrons. The molecule has 1 aromatic carbocycles. The van der Waals surface area contributed by atoms with E-state index < -0.39 is 22.0 Å². The Morgan fingerprint density at radius 1 is 1.33 bits per heavy atom. The summed E-state index contributed by atoms with van der Waals surface area (Å²) in [5, 5.41) is 9.28. The van der Waals surface area contributed by atoms with Gasteiger partial charge in [0, 0.05) is 4.88 Å². The Labute approximate surface area is 134 Å². The van der Waals surface area contributed by atoms with E-state index in [1.807, 2.05) is 0 Å². The van der Waals surface area contributed by atoms with Crippen LogP contribution < -0.4 is 4.72 Å². The molecule has 0 saturated heterocycles. The van der Waals surface area contributed by atoms with Crippen LogP contribution in [-0.2, 0) is 14.8 Å². The van der Waals surface area contributed by atoms with Crippen LogP contribution in [0.25, 0.3) is 0 Å². The van der Waals surface area contributed by atoms with Crippen molar-refractivity contribution in [3.63, 3.8) is 0 Å². The normalized spacial score (nSPS) is 13.0. The molecule has 0 amide bonds. The molecule has 0 aliphatic carbocycles. The Kier molecular flexibility index (Phi) is 4.82. The van der Waals surface area contributed by atoms with Gasteiger partial charge in [-0.1, -0.05) is 30.3 Å². The van der Waals surface area contributed by atoms with E-state index in [9.17, 15) is 18.3 Å². The van der Waals surface area contributed by atoms with Gasteiger partial charge in [-0.25, -0.2) is 8.42 Å². The largest absolute Gasteiger partial charge is 0.480 e. The van der Waals surface area contributed by atoms with Gasteiger partial charge in [-0.3, -0.25) is 4.79 Å². The number of thiophene rings is 1. The molecule has 1 atom stereocenters. The molecule has 2 aromatic rings. The lowest BCUT2D eigenvalue weighted by molar-refractivity contribution is -0.139. The van der Waals surface area contributed by atoms with Crippen molar-refractivity contribution in [3.05, 3.63) is 50.6 Å². The van der Waals surface area contributed by atoms with Crippen molar-refractivity contribution in [1.82, 2.24) is 4.72 Å². The fourth-order valence-electron chi connectivity index (χ4n) is 1.82. The van der Waals surface area contributed by atoms with Gasteiger partial charge in [0.1, 0.15) is 6.04 Å². The molecule has 21 heavy (non-hydrogen) atoms. The maximum absolute atomic E-state index is 12.4. The van der Waals surface area contributed by atoms with E-state index in [0.717, 1.165) is 0 Å². The second-order valence-corrected chi connectivity index (χ2v) is 8.59. The van der Waals surface area contributed by atoms with Crippen molar-refractivity contribution >= 4 is 43.3 Å². The van der Waals surface area contributed by atoms with Crippen molar-refractivity contribution in [1.29, 1.82) is 0 Å². The summed E-state index contributed by atoms with van der Waals surface area (Å²) in [6.07, 6.45) is 0. The van der Waals surface area contributed by atoms with Gasteiger partial charge in [-0.15, -0.1) is 11.3 Å². The topological polar surface area (TPSA) is 83.5 Å². The lowest BCUT2D eigenvalue weighted by Crippen LogP contribution is -2.33. The molecule has 1 aromatic heterocycles. The van der Waals surface area contributed by atoms with Crippen molar-refractivity contribution in [3.8, 4) is 0 Å². The monoisotopic (exact) mass is 389 g/mol. The minimum atomic E-state index is -3.91. The summed E-state index contributed by atoms with van der Waals surface area (Å²) in [5.41, 5.74) is 0.375. The summed E-state index contributed by atoms with van der Waals surface area (Å²) < 4.78 is 27.6. The van der Waals surface area contributed by atoms with E-state index in [0.29, 0.717) is 14.2 Å². The zero-order valence-corrected chi connectivity index (χ0v) is 14.1. The van der Waals surface area contributed by atoms with Gasteiger partial charge < -0.3 is 5.11 Å². The second-order valence-electron chi connectivity index (χ2n) is 4.27. The summed E-state index contributed by atoms with van der Waals surface area (Å²) >= 11 is 4.50. The first-order valence-electron chi connectivity index (χ1n) is 5.87. The summed E-state index contributed by atoms with van der Waals surface area (Å²) in [6.45, 7) is 1.67. The van der Waals surface area contributed by atoms with Crippen LogP contribution in [0.5, 0.6) is 0 Å². The minimum absolute atomic E-state index is 0.0848. The molecule has 0 saturated carbocycles. The fraction of sp³-hybridized carbons (Fsp3) is 0.154. The third kappa shape index (κ3) is 3.70.